The molecular formula is C53H63FN8O7. The zero-order chi connectivity index (χ0) is 47.7. The minimum Gasteiger partial charge on any atom is -0.495 e. The van der Waals surface area contributed by atoms with Gasteiger partial charge in [0.1, 0.15) is 22.7 Å². The van der Waals surface area contributed by atoms with Gasteiger partial charge in [-0.3, -0.25) is 24.8 Å². The number of imide groups is 1. The number of anilines is 1. The molecule has 0 unspecified atom stereocenters. The topological polar surface area (TPSA) is 152 Å². The third-order valence-electron chi connectivity index (χ3n) is 15.6. The lowest BCUT2D eigenvalue weighted by molar-refractivity contribution is -0.120. The summed E-state index contributed by atoms with van der Waals surface area (Å²) < 4.78 is 39.3. The number of ether oxygens (including phenoxy) is 4. The molecule has 1 spiro atoms. The first-order valence-corrected chi connectivity index (χ1v) is 24.7. The van der Waals surface area contributed by atoms with Crippen molar-refractivity contribution in [2.75, 3.05) is 91.4 Å². The van der Waals surface area contributed by atoms with Crippen LogP contribution in [0.2, 0.25) is 0 Å². The number of amides is 4. The lowest BCUT2D eigenvalue weighted by Gasteiger charge is -2.47. The number of hydrogen-bond acceptors (Lipinski definition) is 12. The first kappa shape index (κ1) is 46.7. The largest absolute Gasteiger partial charge is 0.495 e. The van der Waals surface area contributed by atoms with Gasteiger partial charge in [-0.15, -0.1) is 0 Å². The molecule has 5 aliphatic rings. The van der Waals surface area contributed by atoms with Gasteiger partial charge in [-0.25, -0.2) is 14.2 Å². The van der Waals surface area contributed by atoms with Gasteiger partial charge in [-0.05, 0) is 116 Å². The fourth-order valence-electron chi connectivity index (χ4n) is 11.3. The predicted molar refractivity (Wildman–Crippen MR) is 260 cm³/mol. The molecule has 3 saturated heterocycles. The van der Waals surface area contributed by atoms with E-state index in [-0.39, 0.29) is 54.2 Å². The summed E-state index contributed by atoms with van der Waals surface area (Å²) in [6.07, 6.45) is 13.2. The number of carbonyl (C=O) groups excluding carboxylic acids is 3. The number of benzene rings is 3. The van der Waals surface area contributed by atoms with Crippen molar-refractivity contribution in [3.8, 4) is 28.8 Å². The number of methoxy groups -OCH3 is 2. The molecule has 3 aliphatic heterocycles. The van der Waals surface area contributed by atoms with E-state index in [1.165, 1.54) is 37.7 Å². The number of piperidine rings is 1. The Morgan fingerprint density at radius 2 is 1.62 bits per heavy atom. The molecule has 15 nitrogen and oxygen atoms in total. The van der Waals surface area contributed by atoms with Crippen LogP contribution in [0, 0.1) is 22.6 Å². The normalized spacial score (nSPS) is 19.8. The molecule has 10 rings (SSSR count). The highest BCUT2D eigenvalue weighted by Gasteiger charge is 2.46. The number of carbonyl (C=O) groups is 3. The van der Waals surface area contributed by atoms with Gasteiger partial charge in [0.15, 0.2) is 12.6 Å². The van der Waals surface area contributed by atoms with Crippen molar-refractivity contribution < 1.29 is 37.7 Å². The first-order valence-electron chi connectivity index (χ1n) is 24.7. The lowest BCUT2D eigenvalue weighted by Crippen LogP contribution is -2.50. The first-order chi connectivity index (χ1) is 33.5. The quantitative estimate of drug-likeness (QED) is 0.102. The highest BCUT2D eigenvalue weighted by atomic mass is 19.1. The predicted octanol–water partition coefficient (Wildman–Crippen LogP) is 7.87. The number of aromatic nitrogens is 3. The molecule has 3 aromatic carbocycles. The number of aryl methyl sites for hydroxylation is 1. The third kappa shape index (κ3) is 9.93. The summed E-state index contributed by atoms with van der Waals surface area (Å²) in [5.41, 5.74) is 3.46. The Labute approximate surface area is 402 Å². The Morgan fingerprint density at radius 1 is 0.855 bits per heavy atom. The van der Waals surface area contributed by atoms with Crippen LogP contribution in [-0.4, -0.2) is 134 Å². The second kappa shape index (κ2) is 19.8. The summed E-state index contributed by atoms with van der Waals surface area (Å²) in [5.74, 6) is 0.876. The van der Waals surface area contributed by atoms with Crippen LogP contribution in [0.25, 0.3) is 32.9 Å². The Hall–Kier alpha value is -5.97. The second-order valence-corrected chi connectivity index (χ2v) is 20.0. The summed E-state index contributed by atoms with van der Waals surface area (Å²) in [7, 11) is 3.10. The van der Waals surface area contributed by atoms with Gasteiger partial charge in [0, 0.05) is 107 Å². The molecule has 5 fully saturated rings. The van der Waals surface area contributed by atoms with E-state index in [2.05, 4.69) is 43.1 Å². The van der Waals surface area contributed by atoms with Crippen LogP contribution in [0.4, 0.5) is 14.9 Å². The van der Waals surface area contributed by atoms with Crippen LogP contribution in [0.5, 0.6) is 17.5 Å². The Bertz CT molecular complexity index is 2720. The summed E-state index contributed by atoms with van der Waals surface area (Å²) in [6.45, 7) is 10.6. The Balaban J connectivity index is 0.691. The Morgan fingerprint density at radius 3 is 2.35 bits per heavy atom. The second-order valence-electron chi connectivity index (χ2n) is 20.0. The van der Waals surface area contributed by atoms with Crippen molar-refractivity contribution in [3.05, 3.63) is 77.9 Å². The van der Waals surface area contributed by atoms with E-state index < -0.39 is 11.8 Å². The number of pyridine rings is 1. The minimum absolute atomic E-state index is 0.0362. The van der Waals surface area contributed by atoms with Crippen LogP contribution < -0.4 is 24.4 Å². The maximum Gasteiger partial charge on any atom is 0.328 e. The van der Waals surface area contributed by atoms with E-state index in [4.69, 9.17) is 18.9 Å². The zero-order valence-electron chi connectivity index (χ0n) is 40.1. The molecule has 5 aromatic rings. The van der Waals surface area contributed by atoms with Crippen molar-refractivity contribution in [1.82, 2.24) is 35.0 Å². The monoisotopic (exact) mass is 942 g/mol. The van der Waals surface area contributed by atoms with Gasteiger partial charge in [0.25, 0.3) is 5.91 Å². The molecule has 0 bridgehead atoms. The van der Waals surface area contributed by atoms with Crippen LogP contribution in [-0.2, 0) is 16.0 Å². The molecule has 2 aliphatic carbocycles. The highest BCUT2D eigenvalue weighted by molar-refractivity contribution is 6.07. The van der Waals surface area contributed by atoms with Gasteiger partial charge in [0.05, 0.1) is 19.4 Å². The van der Waals surface area contributed by atoms with E-state index in [9.17, 15) is 14.4 Å². The number of fused-ring (bicyclic) bond motifs is 2. The van der Waals surface area contributed by atoms with Gasteiger partial charge in [-0.1, -0.05) is 25.1 Å². The molecule has 364 valence electrons. The van der Waals surface area contributed by atoms with Crippen LogP contribution in [0.1, 0.15) is 80.6 Å². The average molecular weight is 943 g/mol. The molecule has 2 aromatic heterocycles. The molecular weight excluding hydrogens is 880 g/mol. The number of halogens is 1. The van der Waals surface area contributed by atoms with E-state index >= 15 is 4.39 Å². The van der Waals surface area contributed by atoms with Crippen LogP contribution in [0.15, 0.2) is 60.9 Å². The number of urea groups is 1. The standard InChI is InChI=1S/C53H63FN8O7/c1-4-36-6-5-7-37-26-40(69-34-66-2)28-41(45(36)37)48-46(54)47-39(29-55-48)30-56-50(58-47)68-33-53(15-16-53)32-60-24-22-59(23-25-60)31-35-10-13-52(14-11-35)17-20-61(21-18-52)49(64)38-8-9-43(67-3)42(27-38)62-19-12-44(63)57-51(62)65/h5-9,26-30,35H,4,10-25,31-34H2,1-3H3,(H,57,63,65). The lowest BCUT2D eigenvalue weighted by atomic mass is 9.65. The fraction of sp³-hybridized carbons (Fsp3) is 0.509. The SMILES string of the molecule is CCc1cccc2cc(OCOC)cc(-c3ncc4cnc(OCC5(CN6CCN(CC7CCC8(CC7)CCN(C(=O)c7ccc(OC)c(N9CCC(=O)NC9=O)c7)CC8)CC6)CC5)nc4c3F)c12. The molecule has 16 heteroatoms. The summed E-state index contributed by atoms with van der Waals surface area (Å²) in [6, 6.07) is 14.7. The zero-order valence-corrected chi connectivity index (χ0v) is 40.1. The van der Waals surface area contributed by atoms with Crippen molar-refractivity contribution >= 4 is 45.2 Å². The van der Waals surface area contributed by atoms with Gasteiger partial charge >= 0.3 is 12.0 Å². The van der Waals surface area contributed by atoms with Gasteiger partial charge in [-0.2, -0.15) is 4.98 Å². The molecule has 4 amide bonds. The molecule has 0 radical (unpaired) electrons. The number of nitrogens with one attached hydrogen (secondary N) is 1. The number of hydrogen-bond donors (Lipinski definition) is 1. The van der Waals surface area contributed by atoms with Crippen LogP contribution >= 0.6 is 0 Å². The van der Waals surface area contributed by atoms with E-state index in [1.54, 1.807) is 37.7 Å². The van der Waals surface area contributed by atoms with Crippen molar-refractivity contribution in [2.24, 2.45) is 16.7 Å². The number of piperazine rings is 1. The maximum absolute atomic E-state index is 16.6. The summed E-state index contributed by atoms with van der Waals surface area (Å²) >= 11 is 0. The van der Waals surface area contributed by atoms with Gasteiger partial charge < -0.3 is 33.6 Å². The minimum atomic E-state index is -0.521. The smallest absolute Gasteiger partial charge is 0.328 e. The summed E-state index contributed by atoms with van der Waals surface area (Å²) in [5, 5.41) is 4.73. The van der Waals surface area contributed by atoms with Crippen molar-refractivity contribution in [2.45, 2.75) is 71.1 Å². The van der Waals surface area contributed by atoms with Crippen molar-refractivity contribution in [3.63, 3.8) is 0 Å². The Kier molecular flexibility index (Phi) is 13.4. The van der Waals surface area contributed by atoms with Crippen LogP contribution in [0.3, 0.4) is 0 Å². The molecule has 69 heavy (non-hydrogen) atoms. The van der Waals surface area contributed by atoms with Crippen molar-refractivity contribution in [1.29, 1.82) is 0 Å². The van der Waals surface area contributed by atoms with E-state index in [1.807, 2.05) is 29.2 Å². The molecule has 0 atom stereocenters. The molecule has 2 saturated carbocycles. The number of nitrogens with zero attached hydrogens (tertiary/aromatic N) is 7. The number of likely N-dealkylation sites (tertiary alicyclic amines) is 1. The molecule has 1 N–H and O–H groups in total. The fourth-order valence-corrected chi connectivity index (χ4v) is 11.3. The number of rotatable bonds is 15. The summed E-state index contributed by atoms with van der Waals surface area (Å²) in [4.78, 5) is 60.4. The third-order valence-corrected chi connectivity index (χ3v) is 15.6. The molecule has 5 heterocycles. The highest BCUT2D eigenvalue weighted by Crippen LogP contribution is 2.48. The maximum atomic E-state index is 16.6. The van der Waals surface area contributed by atoms with E-state index in [0.29, 0.717) is 51.6 Å². The average Bonchev–Trinajstić information content (AvgIpc) is 4.15. The van der Waals surface area contributed by atoms with Gasteiger partial charge in [0.2, 0.25) is 5.91 Å². The van der Waals surface area contributed by atoms with E-state index in [0.717, 1.165) is 101 Å².